The van der Waals surface area contributed by atoms with E-state index < -0.39 is 0 Å². The van der Waals surface area contributed by atoms with E-state index in [9.17, 15) is 4.79 Å². The maximum Gasteiger partial charge on any atom is 0.237 e. The molecule has 0 bridgehead atoms. The van der Waals surface area contributed by atoms with Gasteiger partial charge in [0.15, 0.2) is 0 Å². The van der Waals surface area contributed by atoms with Crippen LogP contribution in [0.25, 0.3) is 10.8 Å². The van der Waals surface area contributed by atoms with E-state index in [0.717, 1.165) is 61.2 Å². The number of thiophene rings is 1. The first-order chi connectivity index (χ1) is 11.5. The number of aromatic nitrogens is 1. The lowest BCUT2D eigenvalue weighted by Crippen LogP contribution is -2.40. The summed E-state index contributed by atoms with van der Waals surface area (Å²) < 4.78 is 5.91. The molecule has 2 aromatic rings. The zero-order valence-electron chi connectivity index (χ0n) is 14.2. The first-order valence-electron chi connectivity index (χ1n) is 8.54. The highest BCUT2D eigenvalue weighted by atomic mass is 32.1. The van der Waals surface area contributed by atoms with Crippen molar-refractivity contribution in [3.63, 3.8) is 0 Å². The zero-order valence-corrected chi connectivity index (χ0v) is 15.0. The van der Waals surface area contributed by atoms with Gasteiger partial charge in [-0.3, -0.25) is 9.69 Å². The van der Waals surface area contributed by atoms with Crippen LogP contribution in [0.4, 0.5) is 0 Å². The van der Waals surface area contributed by atoms with Crippen LogP contribution in [0.5, 0.6) is 0 Å². The third-order valence-corrected chi connectivity index (χ3v) is 6.44. The van der Waals surface area contributed by atoms with Crippen molar-refractivity contribution in [3.8, 4) is 10.8 Å². The summed E-state index contributed by atoms with van der Waals surface area (Å²) in [6.45, 7) is 7.82. The fourth-order valence-electron chi connectivity index (χ4n) is 3.77. The molecule has 4 rings (SSSR count). The maximum atomic E-state index is 11.5. The van der Waals surface area contributed by atoms with Gasteiger partial charge in [0.25, 0.3) is 0 Å². The molecule has 1 spiro atoms. The summed E-state index contributed by atoms with van der Waals surface area (Å²) in [7, 11) is 0. The number of amides is 1. The van der Waals surface area contributed by atoms with Gasteiger partial charge in [0, 0.05) is 19.5 Å². The minimum absolute atomic E-state index is 0.200. The SMILES string of the molecule is Cc1ccsc1-c1nc(CN2CCC3(CC2)CNC(=O)C3)c(C)o1. The third-order valence-electron chi connectivity index (χ3n) is 5.44. The van der Waals surface area contributed by atoms with E-state index in [-0.39, 0.29) is 11.3 Å². The summed E-state index contributed by atoms with van der Waals surface area (Å²) in [6.07, 6.45) is 2.87. The molecule has 4 heterocycles. The Morgan fingerprint density at radius 2 is 2.17 bits per heavy atom. The Balaban J connectivity index is 1.43. The standard InChI is InChI=1S/C18H23N3O2S/c1-12-3-8-24-16(12)17-20-14(13(2)23-17)10-21-6-4-18(5-7-21)9-15(22)19-11-18/h3,8H,4-7,9-11H2,1-2H3,(H,19,22). The first-order valence-corrected chi connectivity index (χ1v) is 9.42. The number of oxazole rings is 1. The Labute approximate surface area is 146 Å². The summed E-state index contributed by atoms with van der Waals surface area (Å²) >= 11 is 1.67. The molecule has 0 unspecified atom stereocenters. The topological polar surface area (TPSA) is 58.4 Å². The van der Waals surface area contributed by atoms with E-state index in [1.807, 2.05) is 6.92 Å². The second-order valence-electron chi connectivity index (χ2n) is 7.18. The molecular formula is C18H23N3O2S. The highest BCUT2D eigenvalue weighted by molar-refractivity contribution is 7.13. The van der Waals surface area contributed by atoms with Gasteiger partial charge >= 0.3 is 0 Å². The smallest absolute Gasteiger partial charge is 0.237 e. The fraction of sp³-hybridized carbons (Fsp3) is 0.556. The average Bonchev–Trinajstić information content (AvgIpc) is 3.23. The van der Waals surface area contributed by atoms with Crippen LogP contribution < -0.4 is 5.32 Å². The van der Waals surface area contributed by atoms with Gasteiger partial charge in [-0.05, 0) is 62.2 Å². The van der Waals surface area contributed by atoms with Crippen LogP contribution in [0.2, 0.25) is 0 Å². The minimum atomic E-state index is 0.200. The molecule has 6 heteroatoms. The number of rotatable bonds is 3. The number of aryl methyl sites for hydroxylation is 2. The van der Waals surface area contributed by atoms with E-state index in [1.54, 1.807) is 11.3 Å². The molecule has 0 aromatic carbocycles. The van der Waals surface area contributed by atoms with Crippen molar-refractivity contribution >= 4 is 17.2 Å². The van der Waals surface area contributed by atoms with Gasteiger partial charge < -0.3 is 9.73 Å². The van der Waals surface area contributed by atoms with Crippen molar-refractivity contribution in [2.24, 2.45) is 5.41 Å². The van der Waals surface area contributed by atoms with Crippen molar-refractivity contribution in [2.75, 3.05) is 19.6 Å². The Morgan fingerprint density at radius 1 is 1.38 bits per heavy atom. The van der Waals surface area contributed by atoms with Gasteiger partial charge in [-0.2, -0.15) is 0 Å². The molecule has 0 atom stereocenters. The molecule has 24 heavy (non-hydrogen) atoms. The van der Waals surface area contributed by atoms with Crippen LogP contribution in [0.15, 0.2) is 15.9 Å². The number of hydrogen-bond acceptors (Lipinski definition) is 5. The molecule has 2 aromatic heterocycles. The van der Waals surface area contributed by atoms with Crippen molar-refractivity contribution in [2.45, 2.75) is 39.7 Å². The van der Waals surface area contributed by atoms with Gasteiger partial charge in [0.2, 0.25) is 11.8 Å². The first kappa shape index (κ1) is 15.8. The van der Waals surface area contributed by atoms with Crippen LogP contribution in [0.3, 0.4) is 0 Å². The molecule has 0 saturated carbocycles. The number of carbonyl (C=O) groups excluding carboxylic acids is 1. The fourth-order valence-corrected chi connectivity index (χ4v) is 4.62. The number of likely N-dealkylation sites (tertiary alicyclic amines) is 1. The van der Waals surface area contributed by atoms with Gasteiger partial charge in [-0.25, -0.2) is 4.98 Å². The van der Waals surface area contributed by atoms with Crippen molar-refractivity contribution < 1.29 is 9.21 Å². The van der Waals surface area contributed by atoms with Gasteiger partial charge in [-0.15, -0.1) is 11.3 Å². The van der Waals surface area contributed by atoms with Crippen LogP contribution in [0, 0.1) is 19.3 Å². The molecule has 2 aliphatic heterocycles. The lowest BCUT2D eigenvalue weighted by Gasteiger charge is -2.37. The lowest BCUT2D eigenvalue weighted by molar-refractivity contribution is -0.119. The van der Waals surface area contributed by atoms with E-state index in [1.165, 1.54) is 5.56 Å². The predicted molar refractivity (Wildman–Crippen MR) is 93.9 cm³/mol. The van der Waals surface area contributed by atoms with Crippen molar-refractivity contribution in [1.29, 1.82) is 0 Å². The van der Waals surface area contributed by atoms with E-state index in [4.69, 9.17) is 9.40 Å². The number of nitrogens with zero attached hydrogens (tertiary/aromatic N) is 2. The minimum Gasteiger partial charge on any atom is -0.440 e. The summed E-state index contributed by atoms with van der Waals surface area (Å²) in [5, 5.41) is 5.07. The Hall–Kier alpha value is -1.66. The van der Waals surface area contributed by atoms with Crippen LogP contribution in [-0.4, -0.2) is 35.4 Å². The van der Waals surface area contributed by atoms with Crippen molar-refractivity contribution in [1.82, 2.24) is 15.2 Å². The second kappa shape index (κ2) is 6.01. The molecule has 0 radical (unpaired) electrons. The number of carbonyl (C=O) groups is 1. The highest BCUT2D eigenvalue weighted by Gasteiger charge is 2.40. The number of piperidine rings is 1. The summed E-state index contributed by atoms with van der Waals surface area (Å²) in [5.41, 5.74) is 2.45. The molecule has 5 nitrogen and oxygen atoms in total. The molecule has 1 N–H and O–H groups in total. The van der Waals surface area contributed by atoms with E-state index in [0.29, 0.717) is 6.42 Å². The number of hydrogen-bond donors (Lipinski definition) is 1. The Morgan fingerprint density at radius 3 is 2.79 bits per heavy atom. The van der Waals surface area contributed by atoms with E-state index >= 15 is 0 Å². The maximum absolute atomic E-state index is 11.5. The normalized spacial score (nSPS) is 20.7. The summed E-state index contributed by atoms with van der Waals surface area (Å²) in [5.74, 6) is 1.87. The zero-order chi connectivity index (χ0) is 16.7. The van der Waals surface area contributed by atoms with Crippen molar-refractivity contribution in [3.05, 3.63) is 28.5 Å². The lowest BCUT2D eigenvalue weighted by atomic mass is 9.77. The highest BCUT2D eigenvalue weighted by Crippen LogP contribution is 2.38. The Bertz CT molecular complexity index is 756. The molecular weight excluding hydrogens is 322 g/mol. The Kier molecular flexibility index (Phi) is 3.96. The van der Waals surface area contributed by atoms with E-state index in [2.05, 4.69) is 28.6 Å². The van der Waals surface area contributed by atoms with Gasteiger partial charge in [0.05, 0.1) is 10.6 Å². The summed E-state index contributed by atoms with van der Waals surface area (Å²) in [4.78, 5) is 19.8. The average molecular weight is 345 g/mol. The molecule has 2 saturated heterocycles. The van der Waals surface area contributed by atoms with Gasteiger partial charge in [-0.1, -0.05) is 0 Å². The molecule has 1 amide bonds. The van der Waals surface area contributed by atoms with Crippen LogP contribution >= 0.6 is 11.3 Å². The predicted octanol–water partition coefficient (Wildman–Crippen LogP) is 3.12. The monoisotopic (exact) mass is 345 g/mol. The van der Waals surface area contributed by atoms with Crippen LogP contribution in [-0.2, 0) is 11.3 Å². The molecule has 128 valence electrons. The van der Waals surface area contributed by atoms with Crippen LogP contribution in [0.1, 0.15) is 36.3 Å². The third kappa shape index (κ3) is 2.89. The second-order valence-corrected chi connectivity index (χ2v) is 8.10. The molecule has 0 aliphatic carbocycles. The molecule has 2 fully saturated rings. The number of nitrogens with one attached hydrogen (secondary N) is 1. The van der Waals surface area contributed by atoms with Gasteiger partial charge in [0.1, 0.15) is 5.76 Å². The quantitative estimate of drug-likeness (QED) is 0.928. The largest absolute Gasteiger partial charge is 0.440 e. The summed E-state index contributed by atoms with van der Waals surface area (Å²) in [6, 6.07) is 2.10. The molecule has 2 aliphatic rings.